The summed E-state index contributed by atoms with van der Waals surface area (Å²) >= 11 is 1.38. The van der Waals surface area contributed by atoms with Crippen molar-refractivity contribution >= 4 is 28.5 Å². The fraction of sp³-hybridized carbons (Fsp3) is 0.0500. The van der Waals surface area contributed by atoms with E-state index in [2.05, 4.69) is 10.3 Å². The lowest BCUT2D eigenvalue weighted by Gasteiger charge is -2.01. The third kappa shape index (κ3) is 4.56. The van der Waals surface area contributed by atoms with Gasteiger partial charge in [0.1, 0.15) is 17.4 Å². The summed E-state index contributed by atoms with van der Waals surface area (Å²) in [5.74, 6) is -0.389. The number of aromatic hydroxyl groups is 1. The highest BCUT2D eigenvalue weighted by Gasteiger charge is 2.12. The summed E-state index contributed by atoms with van der Waals surface area (Å²) in [6.45, 7) is 0. The van der Waals surface area contributed by atoms with Crippen LogP contribution in [0.2, 0.25) is 0 Å². The van der Waals surface area contributed by atoms with Crippen LogP contribution in [0.25, 0.3) is 6.08 Å². The molecule has 26 heavy (non-hydrogen) atoms. The Balaban J connectivity index is 1.69. The smallest absolute Gasteiger partial charge is 0.268 e. The van der Waals surface area contributed by atoms with Crippen molar-refractivity contribution in [3.63, 3.8) is 0 Å². The highest BCUT2D eigenvalue weighted by atomic mass is 32.1. The highest BCUT2D eigenvalue weighted by Crippen LogP contribution is 2.22. The van der Waals surface area contributed by atoms with Crippen LogP contribution < -0.4 is 5.32 Å². The van der Waals surface area contributed by atoms with Gasteiger partial charge in [0.2, 0.25) is 0 Å². The van der Waals surface area contributed by atoms with E-state index >= 15 is 0 Å². The number of aromatic nitrogens is 1. The van der Waals surface area contributed by atoms with Gasteiger partial charge in [-0.15, -0.1) is 11.3 Å². The number of hydrogen-bond donors (Lipinski definition) is 2. The van der Waals surface area contributed by atoms with Gasteiger partial charge < -0.3 is 5.11 Å². The molecule has 0 bridgehead atoms. The summed E-state index contributed by atoms with van der Waals surface area (Å²) in [4.78, 5) is 17.5. The van der Waals surface area contributed by atoms with Gasteiger partial charge in [-0.3, -0.25) is 10.1 Å². The van der Waals surface area contributed by atoms with E-state index in [0.29, 0.717) is 10.7 Å². The highest BCUT2D eigenvalue weighted by molar-refractivity contribution is 7.15. The zero-order valence-corrected chi connectivity index (χ0v) is 14.5. The first kappa shape index (κ1) is 17.4. The Morgan fingerprint density at radius 3 is 2.62 bits per heavy atom. The zero-order chi connectivity index (χ0) is 18.4. The normalized spacial score (nSPS) is 11.0. The molecule has 0 radical (unpaired) electrons. The number of nitrogens with zero attached hydrogens (tertiary/aromatic N) is 2. The molecule has 128 valence electrons. The molecule has 1 aromatic heterocycles. The standard InChI is InChI=1S/C20H15N3O2S/c21-12-16(10-15-6-8-17(24)9-7-15)19(25)23-20-22-13-18(26-20)11-14-4-2-1-3-5-14/h1-10,13,24H,11H2,(H,22,23,25)/b16-10+. The SMILES string of the molecule is N#C/C(=C\c1ccc(O)cc1)C(=O)Nc1ncc(Cc2ccccc2)s1. The number of nitrogens with one attached hydrogen (secondary N) is 1. The number of benzene rings is 2. The predicted octanol–water partition coefficient (Wildman–Crippen LogP) is 3.99. The molecule has 3 aromatic rings. The van der Waals surface area contributed by atoms with Crippen molar-refractivity contribution in [3.05, 3.63) is 82.4 Å². The second kappa shape index (κ2) is 8.10. The Morgan fingerprint density at radius 2 is 1.92 bits per heavy atom. The molecular formula is C20H15N3O2S. The van der Waals surface area contributed by atoms with Gasteiger partial charge in [0.25, 0.3) is 5.91 Å². The first-order valence-electron chi connectivity index (χ1n) is 7.85. The molecule has 0 aliphatic rings. The number of carbonyl (C=O) groups excluding carboxylic acids is 1. The Hall–Kier alpha value is -3.43. The molecule has 0 spiro atoms. The third-order valence-electron chi connectivity index (χ3n) is 3.56. The van der Waals surface area contributed by atoms with Crippen molar-refractivity contribution in [2.24, 2.45) is 0 Å². The maximum absolute atomic E-state index is 12.3. The van der Waals surface area contributed by atoms with Crippen molar-refractivity contribution in [2.75, 3.05) is 5.32 Å². The van der Waals surface area contributed by atoms with Crippen molar-refractivity contribution in [1.29, 1.82) is 5.26 Å². The molecular weight excluding hydrogens is 346 g/mol. The minimum absolute atomic E-state index is 0.0319. The number of nitriles is 1. The average Bonchev–Trinajstić information content (AvgIpc) is 3.08. The lowest BCUT2D eigenvalue weighted by molar-refractivity contribution is -0.112. The molecule has 0 aliphatic heterocycles. The third-order valence-corrected chi connectivity index (χ3v) is 4.48. The van der Waals surface area contributed by atoms with Gasteiger partial charge in [0.05, 0.1) is 0 Å². The van der Waals surface area contributed by atoms with Crippen LogP contribution in [0.5, 0.6) is 5.75 Å². The van der Waals surface area contributed by atoms with Crippen LogP contribution in [0, 0.1) is 11.3 Å². The molecule has 1 amide bonds. The van der Waals surface area contributed by atoms with Crippen LogP contribution >= 0.6 is 11.3 Å². The van der Waals surface area contributed by atoms with Crippen LogP contribution in [0.4, 0.5) is 5.13 Å². The molecule has 0 aliphatic carbocycles. The number of phenols is 1. The Labute approximate surface area is 154 Å². The molecule has 0 fully saturated rings. The number of rotatable bonds is 5. The minimum Gasteiger partial charge on any atom is -0.508 e. The largest absolute Gasteiger partial charge is 0.508 e. The van der Waals surface area contributed by atoms with Crippen LogP contribution in [0.1, 0.15) is 16.0 Å². The second-order valence-electron chi connectivity index (χ2n) is 5.51. The van der Waals surface area contributed by atoms with Crippen LogP contribution in [-0.2, 0) is 11.2 Å². The van der Waals surface area contributed by atoms with E-state index in [1.165, 1.54) is 35.1 Å². The van der Waals surface area contributed by atoms with Crippen LogP contribution in [-0.4, -0.2) is 16.0 Å². The fourth-order valence-electron chi connectivity index (χ4n) is 2.29. The number of hydrogen-bond acceptors (Lipinski definition) is 5. The molecule has 0 saturated carbocycles. The van der Waals surface area contributed by atoms with Crippen LogP contribution in [0.3, 0.4) is 0 Å². The molecule has 2 aromatic carbocycles. The first-order chi connectivity index (χ1) is 12.6. The number of anilines is 1. The maximum atomic E-state index is 12.3. The van der Waals surface area contributed by atoms with E-state index in [9.17, 15) is 15.2 Å². The van der Waals surface area contributed by atoms with E-state index in [1.807, 2.05) is 36.4 Å². The molecule has 0 saturated heterocycles. The second-order valence-corrected chi connectivity index (χ2v) is 6.62. The average molecular weight is 361 g/mol. The van der Waals surface area contributed by atoms with E-state index in [4.69, 9.17) is 0 Å². The molecule has 3 rings (SSSR count). The summed E-state index contributed by atoms with van der Waals surface area (Å²) < 4.78 is 0. The molecule has 1 heterocycles. The van der Waals surface area contributed by atoms with E-state index < -0.39 is 5.91 Å². The number of phenolic OH excluding ortho intramolecular Hbond substituents is 1. The topological polar surface area (TPSA) is 86.0 Å². The molecule has 2 N–H and O–H groups in total. The zero-order valence-electron chi connectivity index (χ0n) is 13.7. The van der Waals surface area contributed by atoms with Crippen LogP contribution in [0.15, 0.2) is 66.4 Å². The Bertz CT molecular complexity index is 970. The Kier molecular flexibility index (Phi) is 5.42. The summed E-state index contributed by atoms with van der Waals surface area (Å²) in [5.41, 5.74) is 1.79. The Morgan fingerprint density at radius 1 is 1.19 bits per heavy atom. The van der Waals surface area contributed by atoms with E-state index in [0.717, 1.165) is 11.3 Å². The molecule has 5 nitrogen and oxygen atoms in total. The van der Waals surface area contributed by atoms with Gasteiger partial charge >= 0.3 is 0 Å². The van der Waals surface area contributed by atoms with Crippen molar-refractivity contribution in [2.45, 2.75) is 6.42 Å². The van der Waals surface area contributed by atoms with Gasteiger partial charge in [-0.25, -0.2) is 4.98 Å². The summed E-state index contributed by atoms with van der Waals surface area (Å²) in [6.07, 6.45) is 3.93. The first-order valence-corrected chi connectivity index (χ1v) is 8.66. The van der Waals surface area contributed by atoms with E-state index in [1.54, 1.807) is 18.3 Å². The maximum Gasteiger partial charge on any atom is 0.268 e. The van der Waals surface area contributed by atoms with Gasteiger partial charge in [0.15, 0.2) is 5.13 Å². The van der Waals surface area contributed by atoms with Crippen molar-refractivity contribution < 1.29 is 9.90 Å². The predicted molar refractivity (Wildman–Crippen MR) is 102 cm³/mol. The number of carbonyl (C=O) groups is 1. The van der Waals surface area contributed by atoms with Crippen molar-refractivity contribution in [3.8, 4) is 11.8 Å². The van der Waals surface area contributed by atoms with Gasteiger partial charge in [0, 0.05) is 17.5 Å². The van der Waals surface area contributed by atoms with Gasteiger partial charge in [-0.05, 0) is 29.3 Å². The van der Waals surface area contributed by atoms with Gasteiger partial charge in [-0.2, -0.15) is 5.26 Å². The molecule has 0 atom stereocenters. The molecule has 0 unspecified atom stereocenters. The summed E-state index contributed by atoms with van der Waals surface area (Å²) in [6, 6.07) is 18.1. The van der Waals surface area contributed by atoms with Crippen molar-refractivity contribution in [1.82, 2.24) is 4.98 Å². The summed E-state index contributed by atoms with van der Waals surface area (Å²) in [5, 5.41) is 21.6. The fourth-order valence-corrected chi connectivity index (χ4v) is 3.14. The molecule has 6 heteroatoms. The van der Waals surface area contributed by atoms with Gasteiger partial charge in [-0.1, -0.05) is 42.5 Å². The lowest BCUT2D eigenvalue weighted by atomic mass is 10.1. The lowest BCUT2D eigenvalue weighted by Crippen LogP contribution is -2.13. The number of amides is 1. The van der Waals surface area contributed by atoms with E-state index in [-0.39, 0.29) is 11.3 Å². The minimum atomic E-state index is -0.513. The quantitative estimate of drug-likeness (QED) is 0.531. The number of thiazole rings is 1. The monoisotopic (exact) mass is 361 g/mol. The summed E-state index contributed by atoms with van der Waals surface area (Å²) in [7, 11) is 0.